The molecule has 2 nitrogen and oxygen atoms in total. The first-order valence-corrected chi connectivity index (χ1v) is 7.18. The topological polar surface area (TPSA) is 26.3 Å². The summed E-state index contributed by atoms with van der Waals surface area (Å²) in [6.07, 6.45) is 0.501. The molecule has 0 unspecified atom stereocenters. The Kier molecular flexibility index (Phi) is 5.19. The highest BCUT2D eigenvalue weighted by molar-refractivity contribution is 9.10. The van der Waals surface area contributed by atoms with E-state index in [0.29, 0.717) is 6.29 Å². The highest BCUT2D eigenvalue weighted by Gasteiger charge is 2.16. The third-order valence-electron chi connectivity index (χ3n) is 2.66. The number of carbonyl (C=O) groups excluding carboxylic acids is 1. The SMILES string of the molecule is O=Cc1cc(Cl)cc(Cl)c1OCc1c(F)ccc(Br)c1F. The van der Waals surface area contributed by atoms with Gasteiger partial charge in [0, 0.05) is 5.02 Å². The van der Waals surface area contributed by atoms with E-state index in [1.165, 1.54) is 18.2 Å². The molecular formula is C14H7BrCl2F2O2. The van der Waals surface area contributed by atoms with Gasteiger partial charge < -0.3 is 4.74 Å². The van der Waals surface area contributed by atoms with Crippen LogP contribution in [0.4, 0.5) is 8.78 Å². The summed E-state index contributed by atoms with van der Waals surface area (Å²) in [5, 5.41) is 0.342. The molecule has 2 aromatic rings. The average Bonchev–Trinajstić information content (AvgIpc) is 2.44. The van der Waals surface area contributed by atoms with Crippen molar-refractivity contribution in [3.05, 3.63) is 61.5 Å². The lowest BCUT2D eigenvalue weighted by Crippen LogP contribution is -2.04. The molecule has 7 heteroatoms. The van der Waals surface area contributed by atoms with Crippen LogP contribution in [0.2, 0.25) is 10.0 Å². The van der Waals surface area contributed by atoms with Crippen molar-refractivity contribution in [3.8, 4) is 5.75 Å². The Hall–Kier alpha value is -1.17. The van der Waals surface area contributed by atoms with Gasteiger partial charge >= 0.3 is 0 Å². The molecule has 0 saturated heterocycles. The Labute approximate surface area is 137 Å². The summed E-state index contributed by atoms with van der Waals surface area (Å²) in [7, 11) is 0. The molecule has 0 radical (unpaired) electrons. The van der Waals surface area contributed by atoms with Crippen LogP contribution in [0, 0.1) is 11.6 Å². The third-order valence-corrected chi connectivity index (χ3v) is 3.78. The zero-order valence-electron chi connectivity index (χ0n) is 10.3. The number of benzene rings is 2. The quantitative estimate of drug-likeness (QED) is 0.510. The van der Waals surface area contributed by atoms with Crippen molar-refractivity contribution in [2.75, 3.05) is 0 Å². The maximum atomic E-state index is 13.8. The summed E-state index contributed by atoms with van der Waals surface area (Å²) in [5.74, 6) is -1.50. The van der Waals surface area contributed by atoms with Crippen LogP contribution in [0.5, 0.6) is 5.75 Å². The molecule has 0 bridgehead atoms. The van der Waals surface area contributed by atoms with E-state index in [1.807, 2.05) is 0 Å². The minimum atomic E-state index is -0.771. The van der Waals surface area contributed by atoms with Crippen LogP contribution in [-0.4, -0.2) is 6.29 Å². The maximum absolute atomic E-state index is 13.8. The van der Waals surface area contributed by atoms with Crippen LogP contribution >= 0.6 is 39.1 Å². The maximum Gasteiger partial charge on any atom is 0.153 e. The van der Waals surface area contributed by atoms with Crippen molar-refractivity contribution in [2.45, 2.75) is 6.61 Å². The van der Waals surface area contributed by atoms with Crippen LogP contribution in [0.3, 0.4) is 0 Å². The van der Waals surface area contributed by atoms with Crippen molar-refractivity contribution in [3.63, 3.8) is 0 Å². The summed E-state index contributed by atoms with van der Waals surface area (Å²) in [4.78, 5) is 11.0. The lowest BCUT2D eigenvalue weighted by Gasteiger charge is -2.12. The van der Waals surface area contributed by atoms with Gasteiger partial charge in [0.05, 0.1) is 20.6 Å². The molecule has 110 valence electrons. The summed E-state index contributed by atoms with van der Waals surface area (Å²) in [5.41, 5.74) is -0.171. The van der Waals surface area contributed by atoms with Crippen molar-refractivity contribution in [2.24, 2.45) is 0 Å². The van der Waals surface area contributed by atoms with Gasteiger partial charge in [-0.15, -0.1) is 0 Å². The number of halogens is 5. The van der Waals surface area contributed by atoms with E-state index in [4.69, 9.17) is 27.9 Å². The second kappa shape index (κ2) is 6.73. The van der Waals surface area contributed by atoms with E-state index in [2.05, 4.69) is 15.9 Å². The third kappa shape index (κ3) is 3.54. The molecule has 2 rings (SSSR count). The van der Waals surface area contributed by atoms with Gasteiger partial charge in [-0.2, -0.15) is 0 Å². The first-order chi connectivity index (χ1) is 9.93. The van der Waals surface area contributed by atoms with Crippen LogP contribution in [0.25, 0.3) is 0 Å². The van der Waals surface area contributed by atoms with Gasteiger partial charge in [-0.05, 0) is 40.2 Å². The standard InChI is InChI=1S/C14H7BrCl2F2O2/c15-10-1-2-12(18)9(13(10)19)6-21-14-7(5-20)3-8(16)4-11(14)17/h1-5H,6H2. The Bertz CT molecular complexity index is 708. The molecule has 0 aliphatic heterocycles. The second-order valence-electron chi connectivity index (χ2n) is 4.03. The van der Waals surface area contributed by atoms with Crippen LogP contribution < -0.4 is 4.74 Å². The minimum absolute atomic E-state index is 0.0230. The molecular weight excluding hydrogens is 389 g/mol. The first-order valence-electron chi connectivity index (χ1n) is 5.63. The molecule has 0 spiro atoms. The normalized spacial score (nSPS) is 10.5. The molecule has 0 aromatic heterocycles. The molecule has 0 atom stereocenters. The molecule has 21 heavy (non-hydrogen) atoms. The highest BCUT2D eigenvalue weighted by Crippen LogP contribution is 2.32. The van der Waals surface area contributed by atoms with Gasteiger partial charge in [0.1, 0.15) is 24.0 Å². The predicted octanol–water partition coefficient (Wildman–Crippen LogP) is 5.43. The van der Waals surface area contributed by atoms with Gasteiger partial charge in [0.25, 0.3) is 0 Å². The molecule has 0 aliphatic rings. The number of carbonyl (C=O) groups is 1. The summed E-state index contributed by atoms with van der Waals surface area (Å²) >= 11 is 14.7. The predicted molar refractivity (Wildman–Crippen MR) is 80.2 cm³/mol. The molecule has 0 fully saturated rings. The largest absolute Gasteiger partial charge is 0.486 e. The van der Waals surface area contributed by atoms with Crippen LogP contribution in [0.1, 0.15) is 15.9 Å². The lowest BCUT2D eigenvalue weighted by molar-refractivity contribution is 0.111. The second-order valence-corrected chi connectivity index (χ2v) is 5.73. The van der Waals surface area contributed by atoms with Crippen molar-refractivity contribution < 1.29 is 18.3 Å². The zero-order valence-corrected chi connectivity index (χ0v) is 13.4. The number of hydrogen-bond donors (Lipinski definition) is 0. The monoisotopic (exact) mass is 394 g/mol. The average molecular weight is 396 g/mol. The summed E-state index contributed by atoms with van der Waals surface area (Å²) in [6.45, 7) is -0.417. The fourth-order valence-corrected chi connectivity index (χ4v) is 2.60. The van der Waals surface area contributed by atoms with Crippen LogP contribution in [0.15, 0.2) is 28.7 Å². The van der Waals surface area contributed by atoms with Crippen molar-refractivity contribution in [1.82, 2.24) is 0 Å². The Morgan fingerprint density at radius 2 is 1.95 bits per heavy atom. The molecule has 0 N–H and O–H groups in total. The lowest BCUT2D eigenvalue weighted by atomic mass is 10.2. The molecule has 0 heterocycles. The van der Waals surface area contributed by atoms with Crippen molar-refractivity contribution >= 4 is 45.4 Å². The number of rotatable bonds is 4. The minimum Gasteiger partial charge on any atom is -0.486 e. The van der Waals surface area contributed by atoms with E-state index in [9.17, 15) is 13.6 Å². The van der Waals surface area contributed by atoms with E-state index >= 15 is 0 Å². The number of hydrogen-bond acceptors (Lipinski definition) is 2. The van der Waals surface area contributed by atoms with Gasteiger partial charge in [-0.1, -0.05) is 23.2 Å². The van der Waals surface area contributed by atoms with Crippen molar-refractivity contribution in [1.29, 1.82) is 0 Å². The molecule has 0 amide bonds. The van der Waals surface area contributed by atoms with Gasteiger partial charge in [0.15, 0.2) is 6.29 Å². The first kappa shape index (κ1) is 16.2. The zero-order chi connectivity index (χ0) is 15.6. The highest BCUT2D eigenvalue weighted by atomic mass is 79.9. The number of aldehydes is 1. The molecule has 0 saturated carbocycles. The fourth-order valence-electron chi connectivity index (χ4n) is 1.67. The summed E-state index contributed by atoms with van der Waals surface area (Å²) in [6, 6.07) is 5.08. The van der Waals surface area contributed by atoms with E-state index < -0.39 is 18.2 Å². The molecule has 2 aromatic carbocycles. The van der Waals surface area contributed by atoms with Gasteiger partial charge in [0.2, 0.25) is 0 Å². The van der Waals surface area contributed by atoms with Crippen LogP contribution in [-0.2, 0) is 6.61 Å². The summed E-state index contributed by atoms with van der Waals surface area (Å²) < 4.78 is 32.8. The Morgan fingerprint density at radius 1 is 1.24 bits per heavy atom. The van der Waals surface area contributed by atoms with E-state index in [-0.39, 0.29) is 31.4 Å². The van der Waals surface area contributed by atoms with Gasteiger partial charge in [-0.25, -0.2) is 8.78 Å². The van der Waals surface area contributed by atoms with E-state index in [1.54, 1.807) is 0 Å². The fraction of sp³-hybridized carbons (Fsp3) is 0.0714. The smallest absolute Gasteiger partial charge is 0.153 e. The van der Waals surface area contributed by atoms with Gasteiger partial charge in [-0.3, -0.25) is 4.79 Å². The molecule has 0 aliphatic carbocycles. The van der Waals surface area contributed by atoms with E-state index in [0.717, 1.165) is 6.07 Å². The Balaban J connectivity index is 2.33. The number of ether oxygens (including phenoxy) is 1. The Morgan fingerprint density at radius 3 is 2.62 bits per heavy atom.